The maximum Gasteiger partial charge on any atom is 0.408 e. The van der Waals surface area contributed by atoms with Crippen LogP contribution in [0.15, 0.2) is 12.2 Å². The smallest absolute Gasteiger partial charge is 0.408 e. The van der Waals surface area contributed by atoms with Gasteiger partial charge in [-0.25, -0.2) is 4.79 Å². The molecule has 0 radical (unpaired) electrons. The lowest BCUT2D eigenvalue weighted by Crippen LogP contribution is -2.61. The molecule has 0 aromatic heterocycles. The van der Waals surface area contributed by atoms with Crippen molar-refractivity contribution in [1.82, 2.24) is 10.2 Å². The molecular formula is C11H16N2O3. The molecule has 5 nitrogen and oxygen atoms in total. The Morgan fingerprint density at radius 3 is 3.00 bits per heavy atom. The maximum atomic E-state index is 12.0. The number of piperidine rings is 1. The van der Waals surface area contributed by atoms with Gasteiger partial charge in [0, 0.05) is 13.1 Å². The molecule has 88 valence electrons. The van der Waals surface area contributed by atoms with E-state index in [1.807, 2.05) is 12.2 Å². The first kappa shape index (κ1) is 11.0. The summed E-state index contributed by atoms with van der Waals surface area (Å²) in [5.41, 5.74) is -0.864. The molecule has 1 fully saturated rings. The van der Waals surface area contributed by atoms with E-state index in [0.717, 1.165) is 12.8 Å². The molecule has 0 aromatic rings. The molecule has 0 saturated carbocycles. The minimum atomic E-state index is -0.995. The predicted molar refractivity (Wildman–Crippen MR) is 58.1 cm³/mol. The van der Waals surface area contributed by atoms with Gasteiger partial charge in [-0.05, 0) is 25.7 Å². The van der Waals surface area contributed by atoms with Crippen molar-refractivity contribution in [2.45, 2.75) is 31.2 Å². The third-order valence-corrected chi connectivity index (χ3v) is 3.39. The third kappa shape index (κ3) is 1.66. The summed E-state index contributed by atoms with van der Waals surface area (Å²) in [7, 11) is 0. The third-order valence-electron chi connectivity index (χ3n) is 3.39. The lowest BCUT2D eigenvalue weighted by Gasteiger charge is -2.43. The molecule has 16 heavy (non-hydrogen) atoms. The summed E-state index contributed by atoms with van der Waals surface area (Å²) < 4.78 is 0. The van der Waals surface area contributed by atoms with Crippen LogP contribution in [0.25, 0.3) is 0 Å². The van der Waals surface area contributed by atoms with Crippen LogP contribution in [0.1, 0.15) is 25.7 Å². The summed E-state index contributed by atoms with van der Waals surface area (Å²) in [6.07, 6.45) is 5.64. The number of amides is 2. The Balaban J connectivity index is 2.33. The Morgan fingerprint density at radius 1 is 1.44 bits per heavy atom. The normalized spacial score (nSPS) is 30.0. The monoisotopic (exact) mass is 224 g/mol. The maximum absolute atomic E-state index is 12.0. The number of carbonyl (C=O) groups excluding carboxylic acids is 1. The zero-order valence-electron chi connectivity index (χ0n) is 9.11. The van der Waals surface area contributed by atoms with Gasteiger partial charge in [0.1, 0.15) is 5.54 Å². The molecule has 0 aliphatic carbocycles. The number of hydrogen-bond acceptors (Lipinski definition) is 2. The fourth-order valence-electron chi connectivity index (χ4n) is 2.53. The van der Waals surface area contributed by atoms with Crippen LogP contribution in [0.3, 0.4) is 0 Å². The van der Waals surface area contributed by atoms with E-state index in [9.17, 15) is 14.7 Å². The standard InChI is InChI=1S/C11H16N2O3/c14-9-11(5-1-3-7-12-9)6-2-4-8-13(11)10(15)16/h1,3H,2,4-8H2,(H,12,14)(H,15,16). The summed E-state index contributed by atoms with van der Waals surface area (Å²) >= 11 is 0. The first-order valence-electron chi connectivity index (χ1n) is 5.61. The zero-order chi connectivity index (χ0) is 11.6. The molecular weight excluding hydrogens is 208 g/mol. The lowest BCUT2D eigenvalue weighted by molar-refractivity contribution is -0.134. The van der Waals surface area contributed by atoms with Crippen molar-refractivity contribution in [3.05, 3.63) is 12.2 Å². The SMILES string of the molecule is O=C(O)N1CCCCC12CC=CCNC2=O. The molecule has 0 aromatic carbocycles. The van der Waals surface area contributed by atoms with E-state index in [1.54, 1.807) is 0 Å². The Bertz CT molecular complexity index is 340. The van der Waals surface area contributed by atoms with E-state index in [1.165, 1.54) is 4.90 Å². The van der Waals surface area contributed by atoms with Gasteiger partial charge < -0.3 is 10.4 Å². The van der Waals surface area contributed by atoms with Crippen molar-refractivity contribution in [2.24, 2.45) is 0 Å². The predicted octanol–water partition coefficient (Wildman–Crippen LogP) is 0.965. The molecule has 1 saturated heterocycles. The van der Waals surface area contributed by atoms with Crippen LogP contribution in [-0.4, -0.2) is 40.6 Å². The van der Waals surface area contributed by atoms with Crippen LogP contribution in [0.4, 0.5) is 4.79 Å². The van der Waals surface area contributed by atoms with Crippen molar-refractivity contribution < 1.29 is 14.7 Å². The molecule has 1 unspecified atom stereocenters. The lowest BCUT2D eigenvalue weighted by atomic mass is 9.83. The average molecular weight is 224 g/mol. The van der Waals surface area contributed by atoms with Gasteiger partial charge in [-0.3, -0.25) is 9.69 Å². The van der Waals surface area contributed by atoms with Gasteiger partial charge in [0.2, 0.25) is 5.91 Å². The quantitative estimate of drug-likeness (QED) is 0.602. The van der Waals surface area contributed by atoms with E-state index >= 15 is 0 Å². The van der Waals surface area contributed by atoms with E-state index in [2.05, 4.69) is 5.32 Å². The summed E-state index contributed by atoms with van der Waals surface area (Å²) in [6, 6.07) is 0. The number of rotatable bonds is 0. The van der Waals surface area contributed by atoms with Crippen molar-refractivity contribution in [3.8, 4) is 0 Å². The Kier molecular flexibility index (Phi) is 2.85. The number of carbonyl (C=O) groups is 2. The molecule has 2 heterocycles. The van der Waals surface area contributed by atoms with Gasteiger partial charge in [0.05, 0.1) is 0 Å². The molecule has 1 atom stereocenters. The van der Waals surface area contributed by atoms with Crippen molar-refractivity contribution >= 4 is 12.0 Å². The molecule has 1 spiro atoms. The first-order chi connectivity index (χ1) is 7.67. The Labute approximate surface area is 94.1 Å². The van der Waals surface area contributed by atoms with Gasteiger partial charge in [0.15, 0.2) is 0 Å². The highest BCUT2D eigenvalue weighted by atomic mass is 16.4. The molecule has 2 aliphatic heterocycles. The van der Waals surface area contributed by atoms with Crippen molar-refractivity contribution in [2.75, 3.05) is 13.1 Å². The number of nitrogens with zero attached hydrogens (tertiary/aromatic N) is 1. The number of likely N-dealkylation sites (tertiary alicyclic amines) is 1. The van der Waals surface area contributed by atoms with Gasteiger partial charge in [-0.2, -0.15) is 0 Å². The van der Waals surface area contributed by atoms with Crippen LogP contribution in [-0.2, 0) is 4.79 Å². The number of nitrogens with one attached hydrogen (secondary N) is 1. The highest BCUT2D eigenvalue weighted by Crippen LogP contribution is 2.33. The van der Waals surface area contributed by atoms with Gasteiger partial charge in [-0.1, -0.05) is 12.2 Å². The molecule has 2 rings (SSSR count). The highest BCUT2D eigenvalue weighted by molar-refractivity contribution is 5.90. The van der Waals surface area contributed by atoms with Crippen molar-refractivity contribution in [1.29, 1.82) is 0 Å². The summed E-state index contributed by atoms with van der Waals surface area (Å²) in [4.78, 5) is 24.6. The minimum Gasteiger partial charge on any atom is -0.465 e. The first-order valence-corrected chi connectivity index (χ1v) is 5.61. The topological polar surface area (TPSA) is 69.6 Å². The van der Waals surface area contributed by atoms with Crippen LogP contribution in [0.2, 0.25) is 0 Å². The Morgan fingerprint density at radius 2 is 2.25 bits per heavy atom. The van der Waals surface area contributed by atoms with E-state index in [4.69, 9.17) is 0 Å². The molecule has 2 N–H and O–H groups in total. The second kappa shape index (κ2) is 4.15. The van der Waals surface area contributed by atoms with E-state index in [0.29, 0.717) is 25.9 Å². The average Bonchev–Trinajstić information content (AvgIpc) is 2.44. The molecule has 2 amide bonds. The minimum absolute atomic E-state index is 0.153. The molecule has 2 aliphatic rings. The van der Waals surface area contributed by atoms with Crippen molar-refractivity contribution in [3.63, 3.8) is 0 Å². The number of hydrogen-bond donors (Lipinski definition) is 2. The van der Waals surface area contributed by atoms with Gasteiger partial charge in [-0.15, -0.1) is 0 Å². The summed E-state index contributed by atoms with van der Waals surface area (Å²) in [5, 5.41) is 11.9. The fraction of sp³-hybridized carbons (Fsp3) is 0.636. The van der Waals surface area contributed by atoms with Crippen LogP contribution < -0.4 is 5.32 Å². The molecule has 5 heteroatoms. The Hall–Kier alpha value is -1.52. The van der Waals surface area contributed by atoms with E-state index in [-0.39, 0.29) is 5.91 Å². The largest absolute Gasteiger partial charge is 0.465 e. The van der Waals surface area contributed by atoms with Gasteiger partial charge in [0.25, 0.3) is 0 Å². The fourth-order valence-corrected chi connectivity index (χ4v) is 2.53. The van der Waals surface area contributed by atoms with Crippen LogP contribution in [0.5, 0.6) is 0 Å². The van der Waals surface area contributed by atoms with E-state index < -0.39 is 11.6 Å². The summed E-state index contributed by atoms with van der Waals surface area (Å²) in [6.45, 7) is 0.949. The van der Waals surface area contributed by atoms with Gasteiger partial charge >= 0.3 is 6.09 Å². The zero-order valence-corrected chi connectivity index (χ0v) is 9.11. The van der Waals surface area contributed by atoms with Crippen LogP contribution >= 0.6 is 0 Å². The highest BCUT2D eigenvalue weighted by Gasteiger charge is 2.47. The second-order valence-corrected chi connectivity index (χ2v) is 4.31. The van der Waals surface area contributed by atoms with Crippen LogP contribution in [0, 0.1) is 0 Å². The second-order valence-electron chi connectivity index (χ2n) is 4.31. The number of carboxylic acid groups (broad SMARTS) is 1. The summed E-state index contributed by atoms with van der Waals surface area (Å²) in [5.74, 6) is -0.153. The molecule has 0 bridgehead atoms.